The van der Waals surface area contributed by atoms with Crippen LogP contribution in [0, 0.1) is 17.1 Å². The molecule has 9 nitrogen and oxygen atoms in total. The standard InChI is InChI=1S/C22H17FN6O3S/c1-33(30,31)20-5-2-13(9-25-20)15-10-26-22(29-12-28-18(8-24)21(15)29)27-11-16-14-6-7-32-19(14)4-3-17(16)23/h2-5,9-10,12H,6-7,11H2,1H3,(H,26,27). The largest absolute Gasteiger partial charge is 0.493 e. The van der Waals surface area contributed by atoms with E-state index in [0.717, 1.165) is 11.8 Å². The number of halogens is 1. The van der Waals surface area contributed by atoms with E-state index >= 15 is 0 Å². The van der Waals surface area contributed by atoms with Crippen molar-refractivity contribution >= 4 is 21.3 Å². The summed E-state index contributed by atoms with van der Waals surface area (Å²) in [4.78, 5) is 12.6. The van der Waals surface area contributed by atoms with Gasteiger partial charge >= 0.3 is 0 Å². The minimum Gasteiger partial charge on any atom is -0.493 e. The summed E-state index contributed by atoms with van der Waals surface area (Å²) in [5.74, 6) is 0.723. The second-order valence-corrected chi connectivity index (χ2v) is 9.49. The predicted molar refractivity (Wildman–Crippen MR) is 117 cm³/mol. The molecule has 3 aromatic heterocycles. The number of nitrogens with zero attached hydrogens (tertiary/aromatic N) is 5. The molecular formula is C22H17FN6O3S. The van der Waals surface area contributed by atoms with Gasteiger partial charge in [0.15, 0.2) is 20.6 Å². The minimum atomic E-state index is -3.44. The molecular weight excluding hydrogens is 447 g/mol. The van der Waals surface area contributed by atoms with Gasteiger partial charge in [0.05, 0.1) is 12.1 Å². The second kappa shape index (κ2) is 7.83. The molecule has 11 heteroatoms. The zero-order valence-electron chi connectivity index (χ0n) is 17.4. The molecule has 0 radical (unpaired) electrons. The van der Waals surface area contributed by atoms with Gasteiger partial charge in [0.1, 0.15) is 24.0 Å². The van der Waals surface area contributed by atoms with E-state index in [4.69, 9.17) is 4.74 Å². The quantitative estimate of drug-likeness (QED) is 0.478. The molecule has 0 saturated heterocycles. The lowest BCUT2D eigenvalue weighted by Gasteiger charge is -2.13. The number of aromatic nitrogens is 4. The third-order valence-corrected chi connectivity index (χ3v) is 6.47. The summed E-state index contributed by atoms with van der Waals surface area (Å²) in [6.45, 7) is 0.687. The fraction of sp³-hybridized carbons (Fsp3) is 0.182. The number of ether oxygens (including phenoxy) is 1. The molecule has 0 fully saturated rings. The van der Waals surface area contributed by atoms with E-state index in [9.17, 15) is 18.1 Å². The maximum Gasteiger partial charge on any atom is 0.209 e. The minimum absolute atomic E-state index is 0.0519. The van der Waals surface area contributed by atoms with Crippen molar-refractivity contribution in [2.75, 3.05) is 18.2 Å². The SMILES string of the molecule is CS(=O)(=O)c1ccc(-c2cnc(NCc3c(F)ccc4c3CCO4)n3cnc(C#N)c23)cn1. The molecule has 0 unspecified atom stereocenters. The molecule has 1 N–H and O–H groups in total. The Bertz CT molecular complexity index is 1540. The van der Waals surface area contributed by atoms with Crippen LogP contribution in [-0.2, 0) is 22.8 Å². The maximum absolute atomic E-state index is 14.5. The first-order valence-electron chi connectivity index (χ1n) is 9.96. The fourth-order valence-electron chi connectivity index (χ4n) is 3.87. The van der Waals surface area contributed by atoms with Crippen molar-refractivity contribution < 1.29 is 17.5 Å². The summed E-state index contributed by atoms with van der Waals surface area (Å²) in [5.41, 5.74) is 3.12. The smallest absolute Gasteiger partial charge is 0.209 e. The number of fused-ring (bicyclic) bond motifs is 2. The lowest BCUT2D eigenvalue weighted by Crippen LogP contribution is -2.09. The van der Waals surface area contributed by atoms with Crippen molar-refractivity contribution in [3.63, 3.8) is 0 Å². The van der Waals surface area contributed by atoms with Crippen molar-refractivity contribution in [3.05, 3.63) is 65.6 Å². The molecule has 166 valence electrons. The number of pyridine rings is 1. The van der Waals surface area contributed by atoms with Gasteiger partial charge in [-0.3, -0.25) is 4.40 Å². The van der Waals surface area contributed by atoms with Crippen LogP contribution in [0.4, 0.5) is 10.3 Å². The van der Waals surface area contributed by atoms with Gasteiger partial charge in [-0.1, -0.05) is 0 Å². The number of sulfone groups is 1. The number of imidazole rings is 1. The Morgan fingerprint density at radius 2 is 2.06 bits per heavy atom. The van der Waals surface area contributed by atoms with Crippen LogP contribution < -0.4 is 10.1 Å². The van der Waals surface area contributed by atoms with Crippen molar-refractivity contribution in [2.45, 2.75) is 18.0 Å². The van der Waals surface area contributed by atoms with Crippen LogP contribution >= 0.6 is 0 Å². The molecule has 0 amide bonds. The highest BCUT2D eigenvalue weighted by Crippen LogP contribution is 2.32. The van der Waals surface area contributed by atoms with Gasteiger partial charge in [-0.15, -0.1) is 0 Å². The normalized spacial score (nSPS) is 12.9. The van der Waals surface area contributed by atoms with Gasteiger partial charge < -0.3 is 10.1 Å². The molecule has 0 bridgehead atoms. The van der Waals surface area contributed by atoms with E-state index in [1.54, 1.807) is 22.7 Å². The first-order chi connectivity index (χ1) is 15.9. The number of anilines is 1. The molecule has 1 aliphatic rings. The van der Waals surface area contributed by atoms with Gasteiger partial charge in [-0.05, 0) is 24.3 Å². The topological polar surface area (TPSA) is 122 Å². The van der Waals surface area contributed by atoms with E-state index in [-0.39, 0.29) is 23.1 Å². The summed E-state index contributed by atoms with van der Waals surface area (Å²) in [6, 6.07) is 8.07. The third-order valence-electron chi connectivity index (χ3n) is 5.46. The third kappa shape index (κ3) is 3.64. The van der Waals surface area contributed by atoms with Crippen molar-refractivity contribution in [2.24, 2.45) is 0 Å². The van der Waals surface area contributed by atoms with Crippen LogP contribution in [0.2, 0.25) is 0 Å². The lowest BCUT2D eigenvalue weighted by molar-refractivity contribution is 0.356. The summed E-state index contributed by atoms with van der Waals surface area (Å²) in [5, 5.41) is 12.6. The first kappa shape index (κ1) is 20.8. The Morgan fingerprint density at radius 3 is 2.79 bits per heavy atom. The molecule has 33 heavy (non-hydrogen) atoms. The van der Waals surface area contributed by atoms with Crippen LogP contribution in [0.5, 0.6) is 5.75 Å². The summed E-state index contributed by atoms with van der Waals surface area (Å²) in [7, 11) is -3.44. The Morgan fingerprint density at radius 1 is 1.21 bits per heavy atom. The number of nitrogens with one attached hydrogen (secondary N) is 1. The monoisotopic (exact) mass is 464 g/mol. The molecule has 4 heterocycles. The predicted octanol–water partition coefficient (Wildman–Crippen LogP) is 2.75. The van der Waals surface area contributed by atoms with E-state index in [2.05, 4.69) is 26.3 Å². The van der Waals surface area contributed by atoms with Crippen LogP contribution in [0.25, 0.3) is 16.6 Å². The first-order valence-corrected chi connectivity index (χ1v) is 11.9. The van der Waals surface area contributed by atoms with Gasteiger partial charge in [0, 0.05) is 53.9 Å². The molecule has 0 saturated carbocycles. The van der Waals surface area contributed by atoms with E-state index < -0.39 is 9.84 Å². The fourth-order valence-corrected chi connectivity index (χ4v) is 4.43. The zero-order chi connectivity index (χ0) is 23.2. The van der Waals surface area contributed by atoms with Gasteiger partial charge in [0.2, 0.25) is 5.95 Å². The molecule has 4 aromatic rings. The van der Waals surface area contributed by atoms with Crippen LogP contribution in [0.15, 0.2) is 48.0 Å². The van der Waals surface area contributed by atoms with Gasteiger partial charge in [-0.2, -0.15) is 5.26 Å². The van der Waals surface area contributed by atoms with Crippen LogP contribution in [-0.4, -0.2) is 40.6 Å². The van der Waals surface area contributed by atoms with Crippen molar-refractivity contribution in [3.8, 4) is 22.9 Å². The number of nitriles is 1. The molecule has 5 rings (SSSR count). The Hall–Kier alpha value is -4.04. The molecule has 0 spiro atoms. The van der Waals surface area contributed by atoms with Crippen LogP contribution in [0.1, 0.15) is 16.8 Å². The maximum atomic E-state index is 14.5. The second-order valence-electron chi connectivity index (χ2n) is 7.53. The molecule has 1 aromatic carbocycles. The highest BCUT2D eigenvalue weighted by atomic mass is 32.2. The van der Waals surface area contributed by atoms with E-state index in [1.165, 1.54) is 24.7 Å². The highest BCUT2D eigenvalue weighted by Gasteiger charge is 2.21. The van der Waals surface area contributed by atoms with E-state index in [1.807, 2.05) is 0 Å². The lowest BCUT2D eigenvalue weighted by atomic mass is 10.0. The van der Waals surface area contributed by atoms with Gasteiger partial charge in [-0.25, -0.2) is 27.8 Å². The number of hydrogen-bond donors (Lipinski definition) is 1. The van der Waals surface area contributed by atoms with Gasteiger partial charge in [0.25, 0.3) is 0 Å². The Balaban J connectivity index is 1.54. The Labute approximate surface area is 188 Å². The van der Waals surface area contributed by atoms with Crippen LogP contribution in [0.3, 0.4) is 0 Å². The summed E-state index contributed by atoms with van der Waals surface area (Å²) in [6.07, 6.45) is 6.13. The number of rotatable bonds is 5. The zero-order valence-corrected chi connectivity index (χ0v) is 18.2. The average Bonchev–Trinajstić information content (AvgIpc) is 3.45. The Kier molecular flexibility index (Phi) is 4.94. The summed E-state index contributed by atoms with van der Waals surface area (Å²) < 4.78 is 45.0. The molecule has 0 atom stereocenters. The summed E-state index contributed by atoms with van der Waals surface area (Å²) >= 11 is 0. The van der Waals surface area contributed by atoms with Crippen molar-refractivity contribution in [1.29, 1.82) is 5.26 Å². The molecule has 0 aliphatic carbocycles. The number of hydrogen-bond acceptors (Lipinski definition) is 8. The van der Waals surface area contributed by atoms with E-state index in [0.29, 0.717) is 46.9 Å². The number of benzene rings is 1. The van der Waals surface area contributed by atoms with Crippen molar-refractivity contribution in [1.82, 2.24) is 19.4 Å². The average molecular weight is 464 g/mol. The molecule has 1 aliphatic heterocycles. The highest BCUT2D eigenvalue weighted by molar-refractivity contribution is 7.90.